The second-order valence-electron chi connectivity index (χ2n) is 8.06. The summed E-state index contributed by atoms with van der Waals surface area (Å²) in [5.41, 5.74) is 2.25. The standard InChI is InChI=1S/C22H27FN4O3/c1-26(2)21-24-14-16-6-11-30-22(20(16)25-21)7-9-27(10-8-22)19(28)13-15-4-5-18(29-3)17(23)12-15/h4-5,12,14H,6-11,13H2,1-3H3. The number of hydrogen-bond acceptors (Lipinski definition) is 6. The van der Waals surface area contributed by atoms with Gasteiger partial charge in [0.2, 0.25) is 11.9 Å². The number of anilines is 1. The zero-order valence-electron chi connectivity index (χ0n) is 17.7. The predicted octanol–water partition coefficient (Wildman–Crippen LogP) is 2.32. The Bertz CT molecular complexity index is 942. The van der Waals surface area contributed by atoms with E-state index in [1.807, 2.05) is 30.1 Å². The number of aromatic nitrogens is 2. The van der Waals surface area contributed by atoms with Crippen LogP contribution in [0, 0.1) is 5.82 Å². The molecule has 1 saturated heterocycles. The average Bonchev–Trinajstić information content (AvgIpc) is 2.74. The van der Waals surface area contributed by atoms with Crippen LogP contribution >= 0.6 is 0 Å². The van der Waals surface area contributed by atoms with Crippen molar-refractivity contribution in [1.29, 1.82) is 0 Å². The summed E-state index contributed by atoms with van der Waals surface area (Å²) < 4.78 is 25.1. The van der Waals surface area contributed by atoms with Gasteiger partial charge in [0.1, 0.15) is 5.60 Å². The van der Waals surface area contributed by atoms with Crippen LogP contribution in [0.3, 0.4) is 0 Å². The molecule has 3 heterocycles. The number of carbonyl (C=O) groups is 1. The highest BCUT2D eigenvalue weighted by molar-refractivity contribution is 5.79. The minimum absolute atomic E-state index is 0.0119. The van der Waals surface area contributed by atoms with Gasteiger partial charge in [-0.3, -0.25) is 4.79 Å². The zero-order valence-corrected chi connectivity index (χ0v) is 17.7. The summed E-state index contributed by atoms with van der Waals surface area (Å²) >= 11 is 0. The topological polar surface area (TPSA) is 67.8 Å². The van der Waals surface area contributed by atoms with E-state index < -0.39 is 11.4 Å². The van der Waals surface area contributed by atoms with E-state index in [4.69, 9.17) is 14.5 Å². The predicted molar refractivity (Wildman–Crippen MR) is 110 cm³/mol. The number of fused-ring (bicyclic) bond motifs is 2. The maximum atomic E-state index is 13.9. The van der Waals surface area contributed by atoms with E-state index in [9.17, 15) is 9.18 Å². The molecule has 0 unspecified atom stereocenters. The average molecular weight is 414 g/mol. The summed E-state index contributed by atoms with van der Waals surface area (Å²) in [7, 11) is 5.26. The zero-order chi connectivity index (χ0) is 21.3. The van der Waals surface area contributed by atoms with Gasteiger partial charge in [-0.05, 0) is 42.5 Å². The SMILES string of the molecule is COc1ccc(CC(=O)N2CCC3(CC2)OCCc2cnc(N(C)C)nc23)cc1F. The molecule has 7 nitrogen and oxygen atoms in total. The van der Waals surface area contributed by atoms with E-state index in [0.717, 1.165) is 17.7 Å². The minimum Gasteiger partial charge on any atom is -0.494 e. The number of amides is 1. The lowest BCUT2D eigenvalue weighted by Crippen LogP contribution is -2.49. The van der Waals surface area contributed by atoms with Crippen molar-refractivity contribution in [1.82, 2.24) is 14.9 Å². The van der Waals surface area contributed by atoms with Crippen molar-refractivity contribution in [3.05, 3.63) is 47.0 Å². The molecule has 160 valence electrons. The van der Waals surface area contributed by atoms with Crippen LogP contribution in [0.25, 0.3) is 0 Å². The lowest BCUT2D eigenvalue weighted by Gasteiger charge is -2.44. The van der Waals surface area contributed by atoms with Crippen LogP contribution in [0.5, 0.6) is 5.75 Å². The van der Waals surface area contributed by atoms with Crippen LogP contribution in [0.2, 0.25) is 0 Å². The highest BCUT2D eigenvalue weighted by atomic mass is 19.1. The van der Waals surface area contributed by atoms with E-state index >= 15 is 0 Å². The number of hydrogen-bond donors (Lipinski definition) is 0. The van der Waals surface area contributed by atoms with Crippen molar-refractivity contribution >= 4 is 11.9 Å². The number of benzene rings is 1. The molecule has 2 aliphatic rings. The van der Waals surface area contributed by atoms with E-state index in [2.05, 4.69) is 4.98 Å². The van der Waals surface area contributed by atoms with E-state index in [1.165, 1.54) is 13.2 Å². The summed E-state index contributed by atoms with van der Waals surface area (Å²) in [6, 6.07) is 4.64. The third-order valence-corrected chi connectivity index (χ3v) is 5.93. The number of ether oxygens (including phenoxy) is 2. The van der Waals surface area contributed by atoms with Crippen molar-refractivity contribution in [2.75, 3.05) is 45.8 Å². The lowest BCUT2D eigenvalue weighted by molar-refractivity contribution is -0.140. The molecule has 8 heteroatoms. The van der Waals surface area contributed by atoms with Gasteiger partial charge in [-0.2, -0.15) is 0 Å². The molecule has 0 aliphatic carbocycles. The lowest BCUT2D eigenvalue weighted by atomic mass is 9.83. The summed E-state index contributed by atoms with van der Waals surface area (Å²) in [6.45, 7) is 1.80. The van der Waals surface area contributed by atoms with Crippen LogP contribution in [-0.4, -0.2) is 61.7 Å². The Labute approximate surface area is 175 Å². The molecular formula is C22H27FN4O3. The summed E-state index contributed by atoms with van der Waals surface area (Å²) in [6.07, 6.45) is 4.24. The van der Waals surface area contributed by atoms with Gasteiger partial charge in [0.05, 0.1) is 25.8 Å². The first-order chi connectivity index (χ1) is 14.4. The Hall–Kier alpha value is -2.74. The Morgan fingerprint density at radius 2 is 2.10 bits per heavy atom. The number of piperidine rings is 1. The van der Waals surface area contributed by atoms with Crippen LogP contribution in [0.4, 0.5) is 10.3 Å². The quantitative estimate of drug-likeness (QED) is 0.765. The summed E-state index contributed by atoms with van der Waals surface area (Å²) in [5.74, 6) is 0.378. The maximum Gasteiger partial charge on any atom is 0.226 e. The molecule has 4 rings (SSSR count). The van der Waals surface area contributed by atoms with Crippen molar-refractivity contribution in [2.45, 2.75) is 31.3 Å². The minimum atomic E-state index is -0.468. The van der Waals surface area contributed by atoms with Gasteiger partial charge in [0.25, 0.3) is 0 Å². The van der Waals surface area contributed by atoms with Crippen LogP contribution < -0.4 is 9.64 Å². The molecule has 30 heavy (non-hydrogen) atoms. The molecule has 2 aromatic rings. The first-order valence-electron chi connectivity index (χ1n) is 10.2. The number of methoxy groups -OCH3 is 1. The number of rotatable bonds is 4. The van der Waals surface area contributed by atoms with E-state index in [1.54, 1.807) is 12.1 Å². The molecule has 0 bridgehead atoms. The number of nitrogens with zero attached hydrogens (tertiary/aromatic N) is 4. The fourth-order valence-electron chi connectivity index (χ4n) is 4.22. The first kappa shape index (κ1) is 20.5. The maximum absolute atomic E-state index is 13.9. The monoisotopic (exact) mass is 414 g/mol. The smallest absolute Gasteiger partial charge is 0.226 e. The fourth-order valence-corrected chi connectivity index (χ4v) is 4.22. The molecule has 0 radical (unpaired) electrons. The Balaban J connectivity index is 1.46. The highest BCUT2D eigenvalue weighted by Gasteiger charge is 2.43. The molecular weight excluding hydrogens is 387 g/mol. The molecule has 1 amide bonds. The van der Waals surface area contributed by atoms with Gasteiger partial charge < -0.3 is 19.3 Å². The Morgan fingerprint density at radius 1 is 1.33 bits per heavy atom. The molecule has 2 aliphatic heterocycles. The first-order valence-corrected chi connectivity index (χ1v) is 10.2. The molecule has 0 saturated carbocycles. The number of halogens is 1. The Morgan fingerprint density at radius 3 is 2.77 bits per heavy atom. The molecule has 0 atom stereocenters. The van der Waals surface area contributed by atoms with Gasteiger partial charge in [-0.25, -0.2) is 14.4 Å². The normalized spacial score (nSPS) is 17.5. The molecule has 1 aromatic heterocycles. The van der Waals surface area contributed by atoms with E-state index in [-0.39, 0.29) is 18.1 Å². The number of likely N-dealkylation sites (tertiary alicyclic amines) is 1. The third kappa shape index (κ3) is 3.84. The molecule has 1 fully saturated rings. The Kier molecular flexibility index (Phi) is 5.60. The molecule has 0 N–H and O–H groups in total. The highest BCUT2D eigenvalue weighted by Crippen LogP contribution is 2.40. The van der Waals surface area contributed by atoms with Crippen molar-refractivity contribution in [2.24, 2.45) is 0 Å². The third-order valence-electron chi connectivity index (χ3n) is 5.93. The summed E-state index contributed by atoms with van der Waals surface area (Å²) in [4.78, 5) is 25.7. The second-order valence-corrected chi connectivity index (χ2v) is 8.06. The summed E-state index contributed by atoms with van der Waals surface area (Å²) in [5, 5.41) is 0. The van der Waals surface area contributed by atoms with Crippen LogP contribution in [-0.2, 0) is 28.0 Å². The fraction of sp³-hybridized carbons (Fsp3) is 0.500. The molecule has 1 spiro atoms. The van der Waals surface area contributed by atoms with Crippen LogP contribution in [0.1, 0.15) is 29.7 Å². The van der Waals surface area contributed by atoms with Gasteiger partial charge >= 0.3 is 0 Å². The van der Waals surface area contributed by atoms with Crippen molar-refractivity contribution in [3.8, 4) is 5.75 Å². The largest absolute Gasteiger partial charge is 0.494 e. The van der Waals surface area contributed by atoms with Crippen molar-refractivity contribution < 1.29 is 18.7 Å². The van der Waals surface area contributed by atoms with Gasteiger partial charge in [0, 0.05) is 33.4 Å². The number of carbonyl (C=O) groups excluding carboxylic acids is 1. The van der Waals surface area contributed by atoms with E-state index in [0.29, 0.717) is 44.0 Å². The van der Waals surface area contributed by atoms with Gasteiger partial charge in [-0.15, -0.1) is 0 Å². The van der Waals surface area contributed by atoms with Crippen molar-refractivity contribution in [3.63, 3.8) is 0 Å². The van der Waals surface area contributed by atoms with Crippen LogP contribution in [0.15, 0.2) is 24.4 Å². The molecule has 1 aromatic carbocycles. The van der Waals surface area contributed by atoms with Gasteiger partial charge in [-0.1, -0.05) is 6.07 Å². The van der Waals surface area contributed by atoms with Gasteiger partial charge in [0.15, 0.2) is 11.6 Å². The second kappa shape index (κ2) is 8.18.